The number of carbonyl (C=O) groups excluding carboxylic acids is 3. The van der Waals surface area contributed by atoms with Crippen molar-refractivity contribution in [1.29, 1.82) is 5.41 Å². The lowest BCUT2D eigenvalue weighted by Gasteiger charge is -2.28. The quantitative estimate of drug-likeness (QED) is 0.197. The van der Waals surface area contributed by atoms with Crippen LogP contribution in [0.4, 0.5) is 0 Å². The summed E-state index contributed by atoms with van der Waals surface area (Å²) in [6, 6.07) is -1.65. The molecule has 0 spiro atoms. The molecule has 22 heavy (non-hydrogen) atoms. The molecule has 8 heteroatoms. The van der Waals surface area contributed by atoms with E-state index in [1.807, 2.05) is 13.8 Å². The van der Waals surface area contributed by atoms with E-state index in [0.29, 0.717) is 32.1 Å². The highest BCUT2D eigenvalue weighted by molar-refractivity contribution is 5.99. The zero-order valence-corrected chi connectivity index (χ0v) is 13.5. The zero-order valence-electron chi connectivity index (χ0n) is 13.5. The maximum absolute atomic E-state index is 12.3. The summed E-state index contributed by atoms with van der Waals surface area (Å²) in [5.74, 6) is -0.984. The molecule has 0 saturated heterocycles. The van der Waals surface area contributed by atoms with Crippen molar-refractivity contribution < 1.29 is 14.4 Å². The molecule has 0 aliphatic rings. The van der Waals surface area contributed by atoms with Crippen LogP contribution in [0.3, 0.4) is 0 Å². The normalized spacial score (nSPS) is 13.3. The van der Waals surface area contributed by atoms with Gasteiger partial charge in [0.25, 0.3) is 0 Å². The molecule has 0 aromatic rings. The Labute approximate surface area is 131 Å². The first-order valence-corrected chi connectivity index (χ1v) is 7.33. The van der Waals surface area contributed by atoms with E-state index in [0.717, 1.165) is 4.90 Å². The SMILES string of the molecule is CC(=O)N(C(=O)[C@@H](N)CC(C)C)[C@H](C=O)CCCNC(=N)N. The molecule has 0 saturated carbocycles. The number of guanidine groups is 1. The standard InChI is InChI=1S/C14H27N5O3/c1-9(2)7-12(15)13(22)19(10(3)21)11(8-20)5-4-6-18-14(16)17/h8-9,11-12H,4-7,15H2,1-3H3,(H4,16,17,18)/t11-,12-/m0/s1. The van der Waals surface area contributed by atoms with Gasteiger partial charge < -0.3 is 21.6 Å². The van der Waals surface area contributed by atoms with E-state index in [-0.39, 0.29) is 11.9 Å². The number of hydrogen-bond donors (Lipinski definition) is 4. The van der Waals surface area contributed by atoms with E-state index in [2.05, 4.69) is 5.32 Å². The molecule has 0 radical (unpaired) electrons. The first-order valence-electron chi connectivity index (χ1n) is 7.33. The number of amides is 2. The third kappa shape index (κ3) is 7.16. The van der Waals surface area contributed by atoms with Gasteiger partial charge in [-0.2, -0.15) is 0 Å². The van der Waals surface area contributed by atoms with Gasteiger partial charge in [0.1, 0.15) is 6.29 Å². The van der Waals surface area contributed by atoms with Crippen LogP contribution < -0.4 is 16.8 Å². The number of rotatable bonds is 9. The summed E-state index contributed by atoms with van der Waals surface area (Å²) < 4.78 is 0. The average Bonchev–Trinajstić information content (AvgIpc) is 2.39. The van der Waals surface area contributed by atoms with Gasteiger partial charge in [-0.3, -0.25) is 19.9 Å². The second-order valence-electron chi connectivity index (χ2n) is 5.65. The highest BCUT2D eigenvalue weighted by Crippen LogP contribution is 2.11. The van der Waals surface area contributed by atoms with Crippen molar-refractivity contribution in [2.75, 3.05) is 6.54 Å². The average molecular weight is 313 g/mol. The van der Waals surface area contributed by atoms with Crippen molar-refractivity contribution in [3.63, 3.8) is 0 Å². The minimum absolute atomic E-state index is 0.166. The highest BCUT2D eigenvalue weighted by atomic mass is 16.2. The molecule has 0 aromatic heterocycles. The van der Waals surface area contributed by atoms with Crippen LogP contribution in [-0.2, 0) is 14.4 Å². The van der Waals surface area contributed by atoms with E-state index in [9.17, 15) is 14.4 Å². The van der Waals surface area contributed by atoms with E-state index in [1.165, 1.54) is 6.92 Å². The highest BCUT2D eigenvalue weighted by Gasteiger charge is 2.30. The molecule has 2 amide bonds. The van der Waals surface area contributed by atoms with Crippen LogP contribution in [0.25, 0.3) is 0 Å². The Morgan fingerprint density at radius 2 is 1.95 bits per heavy atom. The molecule has 6 N–H and O–H groups in total. The second-order valence-corrected chi connectivity index (χ2v) is 5.65. The van der Waals surface area contributed by atoms with Gasteiger partial charge in [0.2, 0.25) is 11.8 Å². The largest absolute Gasteiger partial charge is 0.370 e. The summed E-state index contributed by atoms with van der Waals surface area (Å²) in [6.45, 7) is 5.48. The smallest absolute Gasteiger partial charge is 0.246 e. The fourth-order valence-electron chi connectivity index (χ4n) is 2.13. The van der Waals surface area contributed by atoms with Gasteiger partial charge in [-0.1, -0.05) is 13.8 Å². The van der Waals surface area contributed by atoms with E-state index < -0.39 is 23.9 Å². The van der Waals surface area contributed by atoms with Crippen LogP contribution >= 0.6 is 0 Å². The Bertz CT molecular complexity index is 411. The lowest BCUT2D eigenvalue weighted by molar-refractivity contribution is -0.149. The van der Waals surface area contributed by atoms with E-state index in [1.54, 1.807) is 0 Å². The molecular formula is C14H27N5O3. The summed E-state index contributed by atoms with van der Waals surface area (Å²) in [4.78, 5) is 36.2. The minimum atomic E-state index is -0.850. The molecule has 0 aliphatic heterocycles. The number of hydrogen-bond acceptors (Lipinski definition) is 5. The van der Waals surface area contributed by atoms with Crippen molar-refractivity contribution in [1.82, 2.24) is 10.2 Å². The van der Waals surface area contributed by atoms with Crippen molar-refractivity contribution in [2.24, 2.45) is 17.4 Å². The number of imide groups is 1. The Hall–Kier alpha value is -1.96. The molecule has 0 bridgehead atoms. The van der Waals surface area contributed by atoms with Gasteiger partial charge >= 0.3 is 0 Å². The van der Waals surface area contributed by atoms with E-state index in [4.69, 9.17) is 16.9 Å². The third-order valence-electron chi connectivity index (χ3n) is 3.10. The van der Waals surface area contributed by atoms with Gasteiger partial charge in [-0.05, 0) is 25.2 Å². The van der Waals surface area contributed by atoms with Gasteiger partial charge in [0.15, 0.2) is 5.96 Å². The van der Waals surface area contributed by atoms with Gasteiger partial charge in [-0.15, -0.1) is 0 Å². The Morgan fingerprint density at radius 3 is 2.36 bits per heavy atom. The molecule has 8 nitrogen and oxygen atoms in total. The molecule has 0 heterocycles. The minimum Gasteiger partial charge on any atom is -0.370 e. The molecule has 0 unspecified atom stereocenters. The van der Waals surface area contributed by atoms with Crippen molar-refractivity contribution in [3.8, 4) is 0 Å². The molecule has 0 fully saturated rings. The predicted molar refractivity (Wildman–Crippen MR) is 84.0 cm³/mol. The summed E-state index contributed by atoms with van der Waals surface area (Å²) in [5.41, 5.74) is 11.0. The number of nitrogens with one attached hydrogen (secondary N) is 2. The van der Waals surface area contributed by atoms with Crippen LogP contribution in [-0.4, -0.2) is 47.6 Å². The Morgan fingerprint density at radius 1 is 1.36 bits per heavy atom. The predicted octanol–water partition coefficient (Wildman–Crippen LogP) is -0.434. The summed E-state index contributed by atoms with van der Waals surface area (Å²) in [6.07, 6.45) is 1.80. The molecule has 126 valence electrons. The number of carbonyl (C=O) groups is 3. The summed E-state index contributed by atoms with van der Waals surface area (Å²) in [7, 11) is 0. The van der Waals surface area contributed by atoms with E-state index >= 15 is 0 Å². The van der Waals surface area contributed by atoms with Crippen molar-refractivity contribution in [2.45, 2.75) is 52.1 Å². The maximum Gasteiger partial charge on any atom is 0.246 e. The number of nitrogens with zero attached hydrogens (tertiary/aromatic N) is 1. The number of aldehydes is 1. The monoisotopic (exact) mass is 313 g/mol. The fraction of sp³-hybridized carbons (Fsp3) is 0.714. The van der Waals surface area contributed by atoms with Crippen LogP contribution in [0.5, 0.6) is 0 Å². The zero-order chi connectivity index (χ0) is 17.3. The van der Waals surface area contributed by atoms with Crippen LogP contribution in [0.1, 0.15) is 40.0 Å². The second kappa shape index (κ2) is 9.88. The Balaban J connectivity index is 4.80. The number of nitrogens with two attached hydrogens (primary N) is 2. The fourth-order valence-corrected chi connectivity index (χ4v) is 2.13. The van der Waals surface area contributed by atoms with Crippen LogP contribution in [0.2, 0.25) is 0 Å². The summed E-state index contributed by atoms with van der Waals surface area (Å²) in [5, 5.41) is 9.63. The first-order chi connectivity index (χ1) is 10.2. The summed E-state index contributed by atoms with van der Waals surface area (Å²) >= 11 is 0. The molecule has 2 atom stereocenters. The molecular weight excluding hydrogens is 286 g/mol. The molecule has 0 rings (SSSR count). The van der Waals surface area contributed by atoms with Gasteiger partial charge in [0, 0.05) is 13.5 Å². The van der Waals surface area contributed by atoms with Gasteiger partial charge in [0.05, 0.1) is 12.1 Å². The lowest BCUT2D eigenvalue weighted by atomic mass is 10.0. The third-order valence-corrected chi connectivity index (χ3v) is 3.10. The lowest BCUT2D eigenvalue weighted by Crippen LogP contribution is -2.52. The Kier molecular flexibility index (Phi) is 9.00. The molecule has 0 aliphatic carbocycles. The van der Waals surface area contributed by atoms with Crippen LogP contribution in [0.15, 0.2) is 0 Å². The molecule has 0 aromatic carbocycles. The van der Waals surface area contributed by atoms with Gasteiger partial charge in [-0.25, -0.2) is 0 Å². The maximum atomic E-state index is 12.3. The van der Waals surface area contributed by atoms with Crippen molar-refractivity contribution in [3.05, 3.63) is 0 Å². The van der Waals surface area contributed by atoms with Crippen molar-refractivity contribution >= 4 is 24.1 Å². The van der Waals surface area contributed by atoms with Crippen LogP contribution in [0, 0.1) is 11.3 Å². The topological polar surface area (TPSA) is 142 Å². The first kappa shape index (κ1) is 20.0.